The van der Waals surface area contributed by atoms with E-state index in [0.29, 0.717) is 5.92 Å². The van der Waals surface area contributed by atoms with Gasteiger partial charge >= 0.3 is 5.97 Å². The second kappa shape index (κ2) is 5.98. The highest BCUT2D eigenvalue weighted by Crippen LogP contribution is 2.28. The van der Waals surface area contributed by atoms with Crippen molar-refractivity contribution in [2.75, 3.05) is 6.61 Å². The number of carbonyl (C=O) groups excluding carboxylic acids is 1. The molecule has 1 fully saturated rings. The Labute approximate surface area is 84.7 Å². The van der Waals surface area contributed by atoms with Crippen LogP contribution < -0.4 is 5.90 Å². The summed E-state index contributed by atoms with van der Waals surface area (Å²) in [6.45, 7) is 2.03. The number of hydrogen-bond acceptors (Lipinski definition) is 4. The quantitative estimate of drug-likeness (QED) is 0.551. The standard InChI is InChI=1S/C10H19NO3/c1-2-8-4-3-5-9(6-8)14-10(12)7-13-11/h8-9H,2-7,11H2,1H3. The van der Waals surface area contributed by atoms with Gasteiger partial charge in [-0.15, -0.1) is 0 Å². The van der Waals surface area contributed by atoms with Gasteiger partial charge in [0.1, 0.15) is 6.10 Å². The number of carbonyl (C=O) groups is 1. The fourth-order valence-electron chi connectivity index (χ4n) is 2.01. The number of ether oxygens (including phenoxy) is 1. The normalized spacial score (nSPS) is 27.3. The van der Waals surface area contributed by atoms with Crippen LogP contribution in [0.3, 0.4) is 0 Å². The van der Waals surface area contributed by atoms with Crippen LogP contribution in [-0.2, 0) is 14.4 Å². The first-order chi connectivity index (χ1) is 6.76. The Hall–Kier alpha value is -0.610. The lowest BCUT2D eigenvalue weighted by molar-refractivity contribution is -0.156. The maximum absolute atomic E-state index is 11.1. The molecule has 1 aliphatic carbocycles. The molecule has 0 spiro atoms. The lowest BCUT2D eigenvalue weighted by atomic mass is 9.85. The molecule has 4 nitrogen and oxygen atoms in total. The van der Waals surface area contributed by atoms with Crippen LogP contribution in [0.4, 0.5) is 0 Å². The maximum Gasteiger partial charge on any atom is 0.334 e. The van der Waals surface area contributed by atoms with Gasteiger partial charge in [-0.2, -0.15) is 0 Å². The first-order valence-electron chi connectivity index (χ1n) is 5.27. The number of rotatable bonds is 4. The van der Waals surface area contributed by atoms with Crippen molar-refractivity contribution in [1.82, 2.24) is 0 Å². The van der Waals surface area contributed by atoms with Crippen LogP contribution in [0.5, 0.6) is 0 Å². The second-order valence-corrected chi connectivity index (χ2v) is 3.86. The Kier molecular flexibility index (Phi) is 4.90. The molecule has 0 aliphatic heterocycles. The van der Waals surface area contributed by atoms with Gasteiger partial charge in [-0.25, -0.2) is 10.7 Å². The third kappa shape index (κ3) is 3.64. The van der Waals surface area contributed by atoms with Gasteiger partial charge in [0.05, 0.1) is 0 Å². The van der Waals surface area contributed by atoms with E-state index in [1.807, 2.05) is 0 Å². The van der Waals surface area contributed by atoms with Gasteiger partial charge in [0, 0.05) is 0 Å². The monoisotopic (exact) mass is 201 g/mol. The summed E-state index contributed by atoms with van der Waals surface area (Å²) in [5.74, 6) is 5.14. The zero-order valence-electron chi connectivity index (χ0n) is 8.70. The molecular weight excluding hydrogens is 182 g/mol. The molecule has 1 saturated carbocycles. The van der Waals surface area contributed by atoms with Gasteiger partial charge in [-0.3, -0.25) is 4.84 Å². The molecule has 0 amide bonds. The van der Waals surface area contributed by atoms with E-state index in [9.17, 15) is 4.79 Å². The van der Waals surface area contributed by atoms with Gasteiger partial charge in [0.15, 0.2) is 6.61 Å². The highest BCUT2D eigenvalue weighted by Gasteiger charge is 2.23. The Morgan fingerprint density at radius 1 is 1.50 bits per heavy atom. The number of nitrogens with two attached hydrogens (primary N) is 1. The van der Waals surface area contributed by atoms with Gasteiger partial charge in [0.25, 0.3) is 0 Å². The fourth-order valence-corrected chi connectivity index (χ4v) is 2.01. The van der Waals surface area contributed by atoms with E-state index in [2.05, 4.69) is 11.8 Å². The fraction of sp³-hybridized carbons (Fsp3) is 0.900. The summed E-state index contributed by atoms with van der Waals surface area (Å²) < 4.78 is 5.22. The molecule has 0 aromatic heterocycles. The van der Waals surface area contributed by atoms with Crippen molar-refractivity contribution >= 4 is 5.97 Å². The van der Waals surface area contributed by atoms with Gasteiger partial charge in [-0.1, -0.05) is 19.8 Å². The number of esters is 1. The van der Waals surface area contributed by atoms with Crippen molar-refractivity contribution in [2.24, 2.45) is 11.8 Å². The molecule has 1 rings (SSSR count). The van der Waals surface area contributed by atoms with Crippen LogP contribution in [0.15, 0.2) is 0 Å². The first kappa shape index (κ1) is 11.5. The lowest BCUT2D eigenvalue weighted by Crippen LogP contribution is -2.27. The summed E-state index contributed by atoms with van der Waals surface area (Å²) in [4.78, 5) is 15.3. The maximum atomic E-state index is 11.1. The molecule has 82 valence electrons. The van der Waals surface area contributed by atoms with E-state index in [1.165, 1.54) is 12.8 Å². The molecule has 14 heavy (non-hydrogen) atoms. The van der Waals surface area contributed by atoms with Crippen LogP contribution in [0.1, 0.15) is 39.0 Å². The molecule has 0 aromatic carbocycles. The summed E-state index contributed by atoms with van der Waals surface area (Å²) >= 11 is 0. The molecule has 0 saturated heterocycles. The smallest absolute Gasteiger partial charge is 0.334 e. The molecular formula is C10H19NO3. The first-order valence-corrected chi connectivity index (χ1v) is 5.27. The largest absolute Gasteiger partial charge is 0.461 e. The summed E-state index contributed by atoms with van der Waals surface area (Å²) in [6.07, 6.45) is 5.63. The Balaban J connectivity index is 2.26. The van der Waals surface area contributed by atoms with E-state index >= 15 is 0 Å². The molecule has 4 heteroatoms. The SMILES string of the molecule is CCC1CCCC(OC(=O)CON)C1. The Bertz CT molecular complexity index is 184. The van der Waals surface area contributed by atoms with Gasteiger partial charge < -0.3 is 4.74 Å². The van der Waals surface area contributed by atoms with Crippen LogP contribution in [0.2, 0.25) is 0 Å². The van der Waals surface area contributed by atoms with Crippen molar-refractivity contribution in [1.29, 1.82) is 0 Å². The van der Waals surface area contributed by atoms with E-state index < -0.39 is 0 Å². The van der Waals surface area contributed by atoms with Crippen molar-refractivity contribution in [3.8, 4) is 0 Å². The molecule has 1 aliphatic rings. The lowest BCUT2D eigenvalue weighted by Gasteiger charge is -2.27. The van der Waals surface area contributed by atoms with E-state index in [-0.39, 0.29) is 18.7 Å². The molecule has 0 radical (unpaired) electrons. The zero-order chi connectivity index (χ0) is 10.4. The molecule has 2 atom stereocenters. The average molecular weight is 201 g/mol. The third-order valence-corrected chi connectivity index (χ3v) is 2.81. The summed E-state index contributed by atoms with van der Waals surface area (Å²) in [6, 6.07) is 0. The van der Waals surface area contributed by atoms with Crippen molar-refractivity contribution in [3.05, 3.63) is 0 Å². The van der Waals surface area contributed by atoms with Crippen molar-refractivity contribution in [2.45, 2.75) is 45.1 Å². The highest BCUT2D eigenvalue weighted by atomic mass is 16.6. The molecule has 0 aromatic rings. The number of hydrogen-bond donors (Lipinski definition) is 1. The summed E-state index contributed by atoms with van der Waals surface area (Å²) in [7, 11) is 0. The van der Waals surface area contributed by atoms with Gasteiger partial charge in [0.2, 0.25) is 0 Å². The predicted molar refractivity (Wildman–Crippen MR) is 52.3 cm³/mol. The van der Waals surface area contributed by atoms with E-state index in [0.717, 1.165) is 19.3 Å². The predicted octanol–water partition coefficient (Wildman–Crippen LogP) is 1.39. The van der Waals surface area contributed by atoms with Crippen LogP contribution in [0, 0.1) is 5.92 Å². The summed E-state index contributed by atoms with van der Waals surface area (Å²) in [5.41, 5.74) is 0. The minimum atomic E-state index is -0.353. The average Bonchev–Trinajstić information content (AvgIpc) is 2.18. The molecule has 2 N–H and O–H groups in total. The van der Waals surface area contributed by atoms with Crippen LogP contribution in [0.25, 0.3) is 0 Å². The topological polar surface area (TPSA) is 61.5 Å². The second-order valence-electron chi connectivity index (χ2n) is 3.86. The van der Waals surface area contributed by atoms with Crippen LogP contribution >= 0.6 is 0 Å². The summed E-state index contributed by atoms with van der Waals surface area (Å²) in [5, 5.41) is 0. The van der Waals surface area contributed by atoms with E-state index in [4.69, 9.17) is 10.6 Å². The minimum absolute atomic E-state index is 0.0800. The van der Waals surface area contributed by atoms with E-state index in [1.54, 1.807) is 0 Å². The Morgan fingerprint density at radius 2 is 2.29 bits per heavy atom. The van der Waals surface area contributed by atoms with Gasteiger partial charge in [-0.05, 0) is 25.2 Å². The molecule has 2 unspecified atom stereocenters. The Morgan fingerprint density at radius 3 is 2.93 bits per heavy atom. The molecule has 0 bridgehead atoms. The molecule has 0 heterocycles. The minimum Gasteiger partial charge on any atom is -0.461 e. The van der Waals surface area contributed by atoms with Crippen molar-refractivity contribution < 1.29 is 14.4 Å². The van der Waals surface area contributed by atoms with Crippen molar-refractivity contribution in [3.63, 3.8) is 0 Å². The highest BCUT2D eigenvalue weighted by molar-refractivity contribution is 5.70. The van der Waals surface area contributed by atoms with Crippen LogP contribution in [-0.4, -0.2) is 18.7 Å². The zero-order valence-corrected chi connectivity index (χ0v) is 8.70. The third-order valence-electron chi connectivity index (χ3n) is 2.81.